The normalized spacial score (nSPS) is 15.4. The zero-order chi connectivity index (χ0) is 51.4. The van der Waals surface area contributed by atoms with Gasteiger partial charge in [-0.3, -0.25) is 4.79 Å². The molecule has 0 aromatic carbocycles. The van der Waals surface area contributed by atoms with Crippen LogP contribution in [0.5, 0.6) is 0 Å². The van der Waals surface area contributed by atoms with Gasteiger partial charge in [-0.2, -0.15) is 83.4 Å². The third-order valence-corrected chi connectivity index (χ3v) is 8.17. The van der Waals surface area contributed by atoms with Gasteiger partial charge < -0.3 is 43.6 Å². The van der Waals surface area contributed by atoms with Crippen molar-refractivity contribution in [3.63, 3.8) is 0 Å². The monoisotopic (exact) mass is 1080 g/mol. The fourth-order valence-corrected chi connectivity index (χ4v) is 4.75. The number of carboxylic acids is 2. The Labute approximate surface area is 390 Å². The molecule has 12 nitrogen and oxygen atoms in total. The predicted molar refractivity (Wildman–Crippen MR) is 177 cm³/mol. The number of hydrogen-bond acceptors (Lipinski definition) is 10. The first-order chi connectivity index (χ1) is 27.7. The Morgan fingerprint density at radius 3 is 1.21 bits per heavy atom. The number of carbonyl (C=O) groups excluding carboxylic acids is 3. The third-order valence-electron chi connectivity index (χ3n) is 7.74. The molecule has 67 heavy (non-hydrogen) atoms. The number of aliphatic carboxylic acids is 2. The van der Waals surface area contributed by atoms with E-state index in [2.05, 4.69) is 4.74 Å². The molecule has 0 saturated carbocycles. The van der Waals surface area contributed by atoms with Crippen LogP contribution in [0.15, 0.2) is 0 Å². The Balaban J connectivity index is -0.000000262. The summed E-state index contributed by atoms with van der Waals surface area (Å²) in [4.78, 5) is 31.9. The van der Waals surface area contributed by atoms with Crippen LogP contribution in [0.25, 0.3) is 0 Å². The molecule has 1 atom stereocenters. The van der Waals surface area contributed by atoms with Gasteiger partial charge in [-0.05, 0) is 19.3 Å². The van der Waals surface area contributed by atoms with Crippen LogP contribution in [0.4, 0.5) is 96.6 Å². The van der Waals surface area contributed by atoms with Crippen molar-refractivity contribution in [3.05, 3.63) is 0 Å². The van der Waals surface area contributed by atoms with Crippen LogP contribution in [-0.2, 0) is 29.2 Å². The average Bonchev–Trinajstić information content (AvgIpc) is 3.09. The van der Waals surface area contributed by atoms with Crippen molar-refractivity contribution < 1.29 is 178 Å². The van der Waals surface area contributed by atoms with E-state index in [4.69, 9.17) is 5.11 Å². The maximum absolute atomic E-state index is 14.3. The molecule has 1 heterocycles. The Hall–Kier alpha value is -2.34. The van der Waals surface area contributed by atoms with Crippen molar-refractivity contribution in [1.29, 1.82) is 0 Å². The summed E-state index contributed by atoms with van der Waals surface area (Å²) in [7, 11) is -4.43. The first-order valence-electron chi connectivity index (χ1n) is 16.2. The smallest absolute Gasteiger partial charge is 0.746 e. The fourth-order valence-electron chi connectivity index (χ4n) is 4.40. The Kier molecular flexibility index (Phi) is 33.5. The molecule has 1 unspecified atom stereocenters. The second-order valence-electron chi connectivity index (χ2n) is 12.9. The van der Waals surface area contributed by atoms with Gasteiger partial charge in [0.1, 0.15) is 22.6 Å². The molecule has 0 radical (unpaired) electrons. The third kappa shape index (κ3) is 19.4. The first kappa shape index (κ1) is 78.8. The van der Waals surface area contributed by atoms with Crippen LogP contribution in [-0.4, -0.2) is 164 Å². The van der Waals surface area contributed by atoms with Crippen LogP contribution in [0.2, 0.25) is 0 Å². The van der Waals surface area contributed by atoms with Crippen LogP contribution >= 0.6 is 0 Å². The number of aliphatic hydroxyl groups excluding tert-OH is 1. The molecule has 1 fully saturated rings. The number of carbonyl (C=O) groups is 3. The molecule has 1 saturated heterocycles. The van der Waals surface area contributed by atoms with Crippen molar-refractivity contribution >= 4 is 28.0 Å². The molecule has 0 spiro atoms. The summed E-state index contributed by atoms with van der Waals surface area (Å²) in [6, 6.07) is 0. The van der Waals surface area contributed by atoms with E-state index in [9.17, 15) is 134 Å². The molecular formula is C31H46F22N2NaO10S-. The SMILES string of the molecule is C.C.C.CC(C)CC(=O)[O-].CC(F)OCS(=O)(=O)[O-].FCF.O=C([O-])CC[N+]1(CCO)CCN(C(=O)C(F)(F)C(F)(F)C(F)(F)C(F)(F)C(F)(F)C(F)(F)C(F)(F)C(F)(F)C(F)(F)F)CC1.[Na+]. The van der Waals surface area contributed by atoms with E-state index in [1.165, 1.54) is 0 Å². The van der Waals surface area contributed by atoms with Gasteiger partial charge in [-0.25, -0.2) is 21.6 Å². The molecule has 1 aliphatic rings. The van der Waals surface area contributed by atoms with Crippen molar-refractivity contribution in [3.8, 4) is 0 Å². The van der Waals surface area contributed by atoms with Crippen molar-refractivity contribution in [2.24, 2.45) is 5.92 Å². The van der Waals surface area contributed by atoms with Gasteiger partial charge in [0.15, 0.2) is 6.36 Å². The summed E-state index contributed by atoms with van der Waals surface area (Å²) in [6.45, 7) is -2.64. The minimum Gasteiger partial charge on any atom is -0.746 e. The minimum atomic E-state index is -9.09. The van der Waals surface area contributed by atoms with Gasteiger partial charge >= 0.3 is 83.1 Å². The van der Waals surface area contributed by atoms with E-state index in [1.807, 2.05) is 13.8 Å². The van der Waals surface area contributed by atoms with Crippen LogP contribution in [0.1, 0.15) is 55.9 Å². The van der Waals surface area contributed by atoms with E-state index in [0.29, 0.717) is 0 Å². The molecule has 1 N–H and O–H groups in total. The zero-order valence-electron chi connectivity index (χ0n) is 32.7. The van der Waals surface area contributed by atoms with Crippen LogP contribution < -0.4 is 39.8 Å². The van der Waals surface area contributed by atoms with Gasteiger partial charge in [0.05, 0.1) is 39.3 Å². The maximum Gasteiger partial charge on any atom is 1.00 e. The first-order valence-corrected chi connectivity index (χ1v) is 17.8. The molecule has 36 heteroatoms. The van der Waals surface area contributed by atoms with Crippen LogP contribution in [0.3, 0.4) is 0 Å². The van der Waals surface area contributed by atoms with Crippen molar-refractivity contribution in [1.82, 2.24) is 4.90 Å². The summed E-state index contributed by atoms with van der Waals surface area (Å²) < 4.78 is 319. The number of halogens is 22. The number of aliphatic hydroxyl groups is 1. The Morgan fingerprint density at radius 1 is 0.657 bits per heavy atom. The number of rotatable bonds is 18. The topological polar surface area (TPSA) is 187 Å². The summed E-state index contributed by atoms with van der Waals surface area (Å²) in [5.41, 5.74) is 0. The number of amides is 1. The van der Waals surface area contributed by atoms with Gasteiger partial charge in [-0.15, -0.1) is 0 Å². The number of quaternary nitrogens is 1. The van der Waals surface area contributed by atoms with Crippen LogP contribution in [0, 0.1) is 5.92 Å². The summed E-state index contributed by atoms with van der Waals surface area (Å²) in [6.07, 6.45) is -10.3. The second kappa shape index (κ2) is 28.5. The number of alkyl halides is 22. The number of nitrogens with zero attached hydrogens (tertiary/aromatic N) is 2. The Bertz CT molecular complexity index is 1580. The summed E-state index contributed by atoms with van der Waals surface area (Å²) in [5, 5.41) is 29.5. The van der Waals surface area contributed by atoms with E-state index < -0.39 is 162 Å². The van der Waals surface area contributed by atoms with Gasteiger partial charge in [0, 0.05) is 18.4 Å². The Morgan fingerprint density at radius 2 is 0.985 bits per heavy atom. The molecule has 1 amide bonds. The van der Waals surface area contributed by atoms with Crippen molar-refractivity contribution in [2.75, 3.05) is 58.7 Å². The second-order valence-corrected chi connectivity index (χ2v) is 14.3. The number of ether oxygens (including phenoxy) is 1. The zero-order valence-corrected chi connectivity index (χ0v) is 35.5. The van der Waals surface area contributed by atoms with E-state index >= 15 is 0 Å². The quantitative estimate of drug-likeness (QED) is 0.0927. The predicted octanol–water partition coefficient (Wildman–Crippen LogP) is 2.82. The molecular weight excluding hydrogens is 1030 g/mol. The molecule has 1 aliphatic heterocycles. The molecule has 402 valence electrons. The van der Waals surface area contributed by atoms with Gasteiger partial charge in [-0.1, -0.05) is 36.1 Å². The van der Waals surface area contributed by atoms with E-state index in [0.717, 1.165) is 6.92 Å². The molecule has 0 aromatic rings. The standard InChI is InChI=1S/C19H17F19N2O4.C5H10O2.C3H7FO4S.CH2F2.3CH4.Na/c20-11(21,10(44)39-2-5-40(6-3-39,7-8-41)4-1-9(42)43)12(22,23)13(24,25)14(26,27)15(28,29)16(30,31)17(32,33)18(34,35)19(36,37)38;1-4(2)3-5(6)7;1-3(4)8-2-9(5,6)7;2-1-3;;;;/h41H,1-8H2;4H,3H2,1-2H3,(H,6,7);3H,2H2,1H3,(H,5,6,7);1H2;3*1H4;/q;;;;;;;+1/p-2. The number of piperazine rings is 1. The average molecular weight is 1080 g/mol. The largest absolute Gasteiger partial charge is 1.00 e. The fraction of sp³-hybridized carbons (Fsp3) is 0.903. The molecule has 0 bridgehead atoms. The van der Waals surface area contributed by atoms with Gasteiger partial charge in [0.25, 0.3) is 5.91 Å². The molecule has 1 rings (SSSR count). The molecule has 0 aliphatic carbocycles. The number of carboxylic acid groups (broad SMARTS) is 2. The van der Waals surface area contributed by atoms with E-state index in [1.54, 1.807) is 0 Å². The van der Waals surface area contributed by atoms with Crippen molar-refractivity contribution in [2.45, 2.75) is 116 Å². The van der Waals surface area contributed by atoms with E-state index in [-0.39, 0.29) is 64.2 Å². The summed E-state index contributed by atoms with van der Waals surface area (Å²) in [5.74, 6) is -75.9. The molecule has 0 aromatic heterocycles. The number of hydrogen-bond donors (Lipinski definition) is 1. The maximum atomic E-state index is 14.3. The van der Waals surface area contributed by atoms with Gasteiger partial charge in [0.2, 0.25) is 6.93 Å². The minimum absolute atomic E-state index is 0. The summed E-state index contributed by atoms with van der Waals surface area (Å²) >= 11 is 0.